The molecule has 106 valence electrons. The van der Waals surface area contributed by atoms with Crippen LogP contribution in [0.15, 0.2) is 30.0 Å². The van der Waals surface area contributed by atoms with Crippen LogP contribution in [0.3, 0.4) is 0 Å². The van der Waals surface area contributed by atoms with Crippen molar-refractivity contribution in [1.82, 2.24) is 0 Å². The average molecular weight is 269 g/mol. The SMILES string of the molecule is C/C=C(/C=C/c1cc2c3c(c1)CCCN3CCC2)OC. The van der Waals surface area contributed by atoms with Crippen molar-refractivity contribution in [3.8, 4) is 0 Å². The molecule has 20 heavy (non-hydrogen) atoms. The lowest BCUT2D eigenvalue weighted by atomic mass is 9.90. The number of ether oxygens (including phenoxy) is 1. The minimum atomic E-state index is 0.915. The quantitative estimate of drug-likeness (QED) is 0.608. The largest absolute Gasteiger partial charge is 0.497 e. The third-order valence-electron chi connectivity index (χ3n) is 4.31. The summed E-state index contributed by atoms with van der Waals surface area (Å²) in [6, 6.07) is 4.71. The monoisotopic (exact) mass is 269 g/mol. The Hall–Kier alpha value is -1.70. The molecule has 0 saturated carbocycles. The van der Waals surface area contributed by atoms with E-state index in [1.165, 1.54) is 61.2 Å². The third kappa shape index (κ3) is 2.47. The Kier molecular flexibility index (Phi) is 3.81. The molecule has 0 bridgehead atoms. The lowest BCUT2D eigenvalue weighted by Crippen LogP contribution is -2.34. The van der Waals surface area contributed by atoms with Crippen LogP contribution in [0.1, 0.15) is 36.5 Å². The second-order valence-electron chi connectivity index (χ2n) is 5.61. The van der Waals surface area contributed by atoms with Crippen LogP contribution >= 0.6 is 0 Å². The summed E-state index contributed by atoms with van der Waals surface area (Å²) in [6.45, 7) is 4.47. The Morgan fingerprint density at radius 3 is 2.35 bits per heavy atom. The van der Waals surface area contributed by atoms with E-state index in [0.29, 0.717) is 0 Å². The van der Waals surface area contributed by atoms with Crippen LogP contribution in [-0.4, -0.2) is 20.2 Å². The van der Waals surface area contributed by atoms with E-state index in [0.717, 1.165) is 5.76 Å². The molecule has 1 aromatic rings. The van der Waals surface area contributed by atoms with Crippen molar-refractivity contribution < 1.29 is 4.74 Å². The standard InChI is InChI=1S/C18H23NO/c1-3-17(20-2)9-8-14-12-15-6-4-10-19-11-5-7-16(13-14)18(15)19/h3,8-9,12-13H,4-7,10-11H2,1-2H3/b9-8+,17-3-. The summed E-state index contributed by atoms with van der Waals surface area (Å²) >= 11 is 0. The normalized spacial score (nSPS) is 18.3. The maximum absolute atomic E-state index is 5.28. The molecule has 2 aliphatic heterocycles. The van der Waals surface area contributed by atoms with Gasteiger partial charge >= 0.3 is 0 Å². The summed E-state index contributed by atoms with van der Waals surface area (Å²) in [6.07, 6.45) is 11.2. The Morgan fingerprint density at radius 2 is 1.80 bits per heavy atom. The summed E-state index contributed by atoms with van der Waals surface area (Å²) in [7, 11) is 1.72. The molecule has 2 aliphatic rings. The van der Waals surface area contributed by atoms with Gasteiger partial charge in [-0.25, -0.2) is 0 Å². The van der Waals surface area contributed by atoms with Crippen molar-refractivity contribution in [3.63, 3.8) is 0 Å². The zero-order chi connectivity index (χ0) is 13.9. The van der Waals surface area contributed by atoms with Crippen LogP contribution in [-0.2, 0) is 17.6 Å². The molecule has 1 aromatic carbocycles. The van der Waals surface area contributed by atoms with Crippen molar-refractivity contribution in [3.05, 3.63) is 46.7 Å². The van der Waals surface area contributed by atoms with Gasteiger partial charge in [0.05, 0.1) is 7.11 Å². The molecule has 3 rings (SSSR count). The second-order valence-corrected chi connectivity index (χ2v) is 5.61. The van der Waals surface area contributed by atoms with E-state index in [4.69, 9.17) is 4.74 Å². The number of hydrogen-bond acceptors (Lipinski definition) is 2. The van der Waals surface area contributed by atoms with Crippen LogP contribution in [0.25, 0.3) is 6.08 Å². The van der Waals surface area contributed by atoms with Gasteiger partial charge in [0.15, 0.2) is 0 Å². The molecule has 2 heteroatoms. The van der Waals surface area contributed by atoms with Crippen molar-refractivity contribution in [2.45, 2.75) is 32.6 Å². The molecule has 0 amide bonds. The third-order valence-corrected chi connectivity index (χ3v) is 4.31. The first-order chi connectivity index (χ1) is 9.81. The van der Waals surface area contributed by atoms with Gasteiger partial charge in [-0.05, 0) is 73.6 Å². The predicted molar refractivity (Wildman–Crippen MR) is 85.1 cm³/mol. The highest BCUT2D eigenvalue weighted by atomic mass is 16.5. The molecule has 0 spiro atoms. The van der Waals surface area contributed by atoms with Crippen molar-refractivity contribution >= 4 is 11.8 Å². The highest BCUT2D eigenvalue weighted by molar-refractivity contribution is 5.68. The summed E-state index contributed by atoms with van der Waals surface area (Å²) in [5.41, 5.74) is 5.91. The molecule has 0 saturated heterocycles. The summed E-state index contributed by atoms with van der Waals surface area (Å²) in [4.78, 5) is 2.58. The first kappa shape index (κ1) is 13.3. The molecule has 0 radical (unpaired) electrons. The molecular weight excluding hydrogens is 246 g/mol. The smallest absolute Gasteiger partial charge is 0.114 e. The van der Waals surface area contributed by atoms with Crippen LogP contribution in [0.5, 0.6) is 0 Å². The number of anilines is 1. The summed E-state index contributed by atoms with van der Waals surface area (Å²) in [5, 5.41) is 0. The Bertz CT molecular complexity index is 526. The predicted octanol–water partition coefficient (Wildman–Crippen LogP) is 3.95. The lowest BCUT2D eigenvalue weighted by Gasteiger charge is -2.37. The maximum atomic E-state index is 5.28. The number of rotatable bonds is 3. The highest BCUT2D eigenvalue weighted by Crippen LogP contribution is 2.36. The maximum Gasteiger partial charge on any atom is 0.114 e. The number of nitrogens with zero attached hydrogens (tertiary/aromatic N) is 1. The van der Waals surface area contributed by atoms with E-state index in [1.54, 1.807) is 7.11 Å². The fourth-order valence-corrected chi connectivity index (χ4v) is 3.39. The molecule has 0 aromatic heterocycles. The highest BCUT2D eigenvalue weighted by Gasteiger charge is 2.23. The minimum absolute atomic E-state index is 0.915. The van der Waals surface area contributed by atoms with Gasteiger partial charge in [-0.1, -0.05) is 6.08 Å². The molecule has 2 nitrogen and oxygen atoms in total. The van der Waals surface area contributed by atoms with Gasteiger partial charge in [0, 0.05) is 18.8 Å². The molecule has 0 N–H and O–H groups in total. The molecule has 0 unspecified atom stereocenters. The van der Waals surface area contributed by atoms with E-state index in [1.807, 2.05) is 13.0 Å². The first-order valence-corrected chi connectivity index (χ1v) is 7.61. The van der Waals surface area contributed by atoms with Gasteiger partial charge in [-0.15, -0.1) is 0 Å². The van der Waals surface area contributed by atoms with E-state index >= 15 is 0 Å². The number of methoxy groups -OCH3 is 1. The first-order valence-electron chi connectivity index (χ1n) is 7.61. The van der Waals surface area contributed by atoms with Crippen LogP contribution in [0, 0.1) is 0 Å². The number of allylic oxidation sites excluding steroid dienone is 2. The average Bonchev–Trinajstić information content (AvgIpc) is 2.49. The Morgan fingerprint density at radius 1 is 1.15 bits per heavy atom. The second kappa shape index (κ2) is 5.74. The number of hydrogen-bond donors (Lipinski definition) is 0. The zero-order valence-electron chi connectivity index (χ0n) is 12.5. The van der Waals surface area contributed by atoms with Crippen LogP contribution in [0.4, 0.5) is 5.69 Å². The Labute approximate surface area is 121 Å². The van der Waals surface area contributed by atoms with Gasteiger partial charge in [0.1, 0.15) is 5.76 Å². The van der Waals surface area contributed by atoms with E-state index in [2.05, 4.69) is 29.2 Å². The van der Waals surface area contributed by atoms with E-state index in [9.17, 15) is 0 Å². The molecule has 0 fully saturated rings. The lowest BCUT2D eigenvalue weighted by molar-refractivity contribution is 0.306. The van der Waals surface area contributed by atoms with Crippen molar-refractivity contribution in [2.24, 2.45) is 0 Å². The fourth-order valence-electron chi connectivity index (χ4n) is 3.39. The summed E-state index contributed by atoms with van der Waals surface area (Å²) < 4.78 is 5.28. The van der Waals surface area contributed by atoms with Crippen molar-refractivity contribution in [2.75, 3.05) is 25.1 Å². The topological polar surface area (TPSA) is 12.5 Å². The summed E-state index contributed by atoms with van der Waals surface area (Å²) in [5.74, 6) is 0.915. The molecule has 0 atom stereocenters. The number of aryl methyl sites for hydroxylation is 2. The number of benzene rings is 1. The van der Waals surface area contributed by atoms with Crippen molar-refractivity contribution in [1.29, 1.82) is 0 Å². The van der Waals surface area contributed by atoms with Crippen LogP contribution < -0.4 is 4.90 Å². The van der Waals surface area contributed by atoms with E-state index in [-0.39, 0.29) is 0 Å². The molecular formula is C18H23NO. The van der Waals surface area contributed by atoms with Crippen LogP contribution in [0.2, 0.25) is 0 Å². The van der Waals surface area contributed by atoms with Gasteiger partial charge in [0.2, 0.25) is 0 Å². The molecule has 0 aliphatic carbocycles. The fraction of sp³-hybridized carbons (Fsp3) is 0.444. The molecule has 2 heterocycles. The van der Waals surface area contributed by atoms with Gasteiger partial charge in [-0.2, -0.15) is 0 Å². The Balaban J connectivity index is 1.95. The van der Waals surface area contributed by atoms with Gasteiger partial charge < -0.3 is 9.64 Å². The zero-order valence-corrected chi connectivity index (χ0v) is 12.5. The van der Waals surface area contributed by atoms with E-state index < -0.39 is 0 Å². The minimum Gasteiger partial charge on any atom is -0.497 e. The van der Waals surface area contributed by atoms with Gasteiger partial charge in [-0.3, -0.25) is 0 Å². The van der Waals surface area contributed by atoms with Gasteiger partial charge in [0.25, 0.3) is 0 Å².